The summed E-state index contributed by atoms with van der Waals surface area (Å²) in [4.78, 5) is 13.8. The van der Waals surface area contributed by atoms with Crippen LogP contribution in [0.1, 0.15) is 45.4 Å². The largest absolute Gasteiger partial charge is 0.466 e. The van der Waals surface area contributed by atoms with Crippen molar-refractivity contribution in [2.24, 2.45) is 5.92 Å². The van der Waals surface area contributed by atoms with Crippen LogP contribution in [0.3, 0.4) is 0 Å². The highest BCUT2D eigenvalue weighted by Gasteiger charge is 2.35. The van der Waals surface area contributed by atoms with Gasteiger partial charge in [0.15, 0.2) is 0 Å². The zero-order valence-electron chi connectivity index (χ0n) is 10.3. The van der Waals surface area contributed by atoms with Crippen molar-refractivity contribution in [1.29, 1.82) is 0 Å². The smallest absolute Gasteiger partial charge is 0.307 e. The van der Waals surface area contributed by atoms with E-state index < -0.39 is 0 Å². The summed E-state index contributed by atoms with van der Waals surface area (Å²) in [5.74, 6) is 0.873. The van der Waals surface area contributed by atoms with Crippen molar-refractivity contribution < 1.29 is 9.53 Å². The summed E-state index contributed by atoms with van der Waals surface area (Å²) >= 11 is 0. The Balaban J connectivity index is 1.75. The quantitative estimate of drug-likeness (QED) is 0.687. The fraction of sp³-hybridized carbons (Fsp3) is 0.923. The van der Waals surface area contributed by atoms with E-state index in [1.165, 1.54) is 38.6 Å². The first-order chi connectivity index (χ1) is 7.81. The van der Waals surface area contributed by atoms with Crippen LogP contribution in [0.4, 0.5) is 0 Å². The summed E-state index contributed by atoms with van der Waals surface area (Å²) in [6, 6.07) is 0.767. The summed E-state index contributed by atoms with van der Waals surface area (Å²) in [5.41, 5.74) is 0. The van der Waals surface area contributed by atoms with Crippen LogP contribution in [0.15, 0.2) is 0 Å². The molecule has 16 heavy (non-hydrogen) atoms. The highest BCUT2D eigenvalue weighted by atomic mass is 16.5. The van der Waals surface area contributed by atoms with Gasteiger partial charge in [-0.05, 0) is 38.6 Å². The van der Waals surface area contributed by atoms with Crippen molar-refractivity contribution in [1.82, 2.24) is 4.90 Å². The van der Waals surface area contributed by atoms with Crippen molar-refractivity contribution in [2.45, 2.75) is 51.5 Å². The summed E-state index contributed by atoms with van der Waals surface area (Å²) in [6.45, 7) is 4.46. The van der Waals surface area contributed by atoms with Gasteiger partial charge in [0.1, 0.15) is 0 Å². The normalized spacial score (nSPS) is 30.1. The zero-order chi connectivity index (χ0) is 11.4. The lowest BCUT2D eigenvalue weighted by molar-refractivity contribution is -0.143. The predicted octanol–water partition coefficient (Wildman–Crippen LogP) is 2.20. The van der Waals surface area contributed by atoms with Gasteiger partial charge in [0, 0.05) is 12.6 Å². The molecule has 0 amide bonds. The number of ether oxygens (including phenoxy) is 1. The molecule has 0 spiro atoms. The van der Waals surface area contributed by atoms with Crippen LogP contribution in [0.2, 0.25) is 0 Å². The summed E-state index contributed by atoms with van der Waals surface area (Å²) < 4.78 is 4.97. The maximum absolute atomic E-state index is 11.3. The van der Waals surface area contributed by atoms with Gasteiger partial charge in [-0.25, -0.2) is 0 Å². The van der Waals surface area contributed by atoms with Gasteiger partial charge in [-0.3, -0.25) is 9.69 Å². The second-order valence-corrected chi connectivity index (χ2v) is 4.99. The molecule has 3 nitrogen and oxygen atoms in total. The third-order valence-electron chi connectivity index (χ3n) is 4.03. The number of hydrogen-bond acceptors (Lipinski definition) is 3. The minimum atomic E-state index is -0.0400. The maximum atomic E-state index is 11.3. The molecule has 92 valence electrons. The van der Waals surface area contributed by atoms with E-state index in [4.69, 9.17) is 4.74 Å². The fourth-order valence-electron chi connectivity index (χ4n) is 3.25. The standard InChI is InChI=1S/C13H23NO2/c1-2-16-13(15)8-10-14-9-7-11-5-3-4-6-12(11)14/h11-12H,2-10H2,1H3. The first kappa shape index (κ1) is 11.9. The Hall–Kier alpha value is -0.570. The number of carbonyl (C=O) groups excluding carboxylic acids is 1. The number of likely N-dealkylation sites (tertiary alicyclic amines) is 1. The molecule has 3 heteroatoms. The first-order valence-corrected chi connectivity index (χ1v) is 6.71. The van der Waals surface area contributed by atoms with Crippen LogP contribution in [-0.4, -0.2) is 36.6 Å². The Kier molecular flexibility index (Phi) is 4.22. The Morgan fingerprint density at radius 3 is 2.94 bits per heavy atom. The molecule has 2 fully saturated rings. The summed E-state index contributed by atoms with van der Waals surface area (Å²) in [7, 11) is 0. The molecule has 2 rings (SSSR count). The van der Waals surface area contributed by atoms with E-state index in [9.17, 15) is 4.79 Å². The maximum Gasteiger partial charge on any atom is 0.307 e. The highest BCUT2D eigenvalue weighted by molar-refractivity contribution is 5.69. The molecule has 0 N–H and O–H groups in total. The average Bonchev–Trinajstić information content (AvgIpc) is 2.70. The monoisotopic (exact) mass is 225 g/mol. The Morgan fingerprint density at radius 2 is 2.12 bits per heavy atom. The molecule has 1 aliphatic heterocycles. The molecule has 0 radical (unpaired) electrons. The molecule has 0 aromatic rings. The van der Waals surface area contributed by atoms with Crippen molar-refractivity contribution >= 4 is 5.97 Å². The number of hydrogen-bond donors (Lipinski definition) is 0. The second kappa shape index (κ2) is 5.67. The SMILES string of the molecule is CCOC(=O)CCN1CCC2CCCCC21. The van der Waals surface area contributed by atoms with Crippen LogP contribution < -0.4 is 0 Å². The molecule has 0 aromatic carbocycles. The molecule has 0 bridgehead atoms. The van der Waals surface area contributed by atoms with Crippen LogP contribution >= 0.6 is 0 Å². The second-order valence-electron chi connectivity index (χ2n) is 4.99. The van der Waals surface area contributed by atoms with Crippen LogP contribution in [-0.2, 0) is 9.53 Å². The third-order valence-corrected chi connectivity index (χ3v) is 4.03. The Labute approximate surface area is 98.1 Å². The van der Waals surface area contributed by atoms with E-state index in [2.05, 4.69) is 4.90 Å². The molecule has 1 aliphatic carbocycles. The van der Waals surface area contributed by atoms with Gasteiger partial charge < -0.3 is 4.74 Å². The van der Waals surface area contributed by atoms with E-state index in [-0.39, 0.29) is 5.97 Å². The van der Waals surface area contributed by atoms with Gasteiger partial charge in [0.25, 0.3) is 0 Å². The number of rotatable bonds is 4. The third kappa shape index (κ3) is 2.76. The van der Waals surface area contributed by atoms with E-state index in [1.807, 2.05) is 6.92 Å². The van der Waals surface area contributed by atoms with Crippen LogP contribution in [0.25, 0.3) is 0 Å². The minimum Gasteiger partial charge on any atom is -0.466 e. The minimum absolute atomic E-state index is 0.0400. The predicted molar refractivity (Wildman–Crippen MR) is 63.2 cm³/mol. The lowest BCUT2D eigenvalue weighted by Crippen LogP contribution is -2.36. The van der Waals surface area contributed by atoms with Crippen LogP contribution in [0, 0.1) is 5.92 Å². The van der Waals surface area contributed by atoms with Gasteiger partial charge in [-0.1, -0.05) is 12.8 Å². The average molecular weight is 225 g/mol. The topological polar surface area (TPSA) is 29.5 Å². The Morgan fingerprint density at radius 1 is 1.31 bits per heavy atom. The summed E-state index contributed by atoms with van der Waals surface area (Å²) in [6.07, 6.45) is 7.43. The van der Waals surface area contributed by atoms with Gasteiger partial charge in [0.05, 0.1) is 13.0 Å². The van der Waals surface area contributed by atoms with E-state index >= 15 is 0 Å². The molecule has 0 aromatic heterocycles. The van der Waals surface area contributed by atoms with Gasteiger partial charge in [-0.15, -0.1) is 0 Å². The van der Waals surface area contributed by atoms with Gasteiger partial charge >= 0.3 is 5.97 Å². The zero-order valence-corrected chi connectivity index (χ0v) is 10.3. The van der Waals surface area contributed by atoms with Crippen molar-refractivity contribution in [3.05, 3.63) is 0 Å². The molecular formula is C13H23NO2. The van der Waals surface area contributed by atoms with E-state index in [1.54, 1.807) is 0 Å². The molecule has 2 atom stereocenters. The molecule has 1 saturated carbocycles. The van der Waals surface area contributed by atoms with Crippen molar-refractivity contribution in [2.75, 3.05) is 19.7 Å². The fourth-order valence-corrected chi connectivity index (χ4v) is 3.25. The van der Waals surface area contributed by atoms with Crippen molar-refractivity contribution in [3.8, 4) is 0 Å². The molecule has 1 saturated heterocycles. The van der Waals surface area contributed by atoms with E-state index in [0.29, 0.717) is 13.0 Å². The van der Waals surface area contributed by atoms with Gasteiger partial charge in [0.2, 0.25) is 0 Å². The molecule has 2 aliphatic rings. The number of esters is 1. The number of carbonyl (C=O) groups is 1. The molecule has 1 heterocycles. The highest BCUT2D eigenvalue weighted by Crippen LogP contribution is 2.35. The number of fused-ring (bicyclic) bond motifs is 1. The van der Waals surface area contributed by atoms with Crippen LogP contribution in [0.5, 0.6) is 0 Å². The lowest BCUT2D eigenvalue weighted by Gasteiger charge is -2.31. The summed E-state index contributed by atoms with van der Waals surface area (Å²) in [5, 5.41) is 0. The number of nitrogens with zero attached hydrogens (tertiary/aromatic N) is 1. The lowest BCUT2D eigenvalue weighted by atomic mass is 9.85. The molecular weight excluding hydrogens is 202 g/mol. The first-order valence-electron chi connectivity index (χ1n) is 6.71. The molecule has 2 unspecified atom stereocenters. The van der Waals surface area contributed by atoms with E-state index in [0.717, 1.165) is 18.5 Å². The Bertz CT molecular complexity index is 242. The van der Waals surface area contributed by atoms with Crippen molar-refractivity contribution in [3.63, 3.8) is 0 Å². The van der Waals surface area contributed by atoms with Gasteiger partial charge in [-0.2, -0.15) is 0 Å².